The molecule has 30 unspecified atom stereocenters. The molecule has 0 aromatic carbocycles. The van der Waals surface area contributed by atoms with Gasteiger partial charge in [-0.3, -0.25) is 4.79 Å². The van der Waals surface area contributed by atoms with Gasteiger partial charge in [0.1, 0.15) is 67.1 Å². The summed E-state index contributed by atoms with van der Waals surface area (Å²) in [5.41, 5.74) is -2.86. The summed E-state index contributed by atoms with van der Waals surface area (Å²) < 4.78 is 48.0. The zero-order valence-electron chi connectivity index (χ0n) is 44.8. The molecule has 0 aromatic heterocycles. The molecule has 0 aromatic rings. The number of rotatable bonds is 12. The van der Waals surface area contributed by atoms with Gasteiger partial charge in [-0.15, -0.1) is 0 Å². The average molecular weight is 1110 g/mol. The Kier molecular flexibility index (Phi) is 16.4. The Morgan fingerprint density at radius 2 is 1.27 bits per heavy atom. The molecule has 0 radical (unpaired) electrons. The normalized spacial score (nSPS) is 55.9. The molecule has 4 saturated heterocycles. The molecule has 14 N–H and O–H groups in total. The lowest BCUT2D eigenvalue weighted by molar-refractivity contribution is -0.387. The molecular weight excluding hydrogens is 1020 g/mol. The summed E-state index contributed by atoms with van der Waals surface area (Å²) in [4.78, 5) is 25.8. The van der Waals surface area contributed by atoms with Crippen LogP contribution in [0.3, 0.4) is 0 Å². The minimum absolute atomic E-state index is 0.0374. The molecular formula is C53H84O24. The first kappa shape index (κ1) is 59.5. The number of carboxylic acids is 2. The standard InChI is InChI=1S/C53H84O24/c1-21-31(57)34(60)39(44(67)70-21)77-45-40(35(61)33(59)25(19-54)71-45)75-41-37(63)36(62)38(42(64)65)76-46(41)73-28-11-12-50(4)26(51(28,5)20-55)10-13-53(7)27(50)9-8-22-23-17-48(2,47(68)69)18-29(49(23,3)14-15-52(22,53)6)72-30-16-24(56)32(58)43(66)74-30/h8,21,23-41,43-46,54-63,66-67H,9-20H2,1-7H3,(H,64,65)(H,68,69). The van der Waals surface area contributed by atoms with E-state index in [2.05, 4.69) is 33.8 Å². The predicted octanol–water partition coefficient (Wildman–Crippen LogP) is -1.42. The summed E-state index contributed by atoms with van der Waals surface area (Å²) in [6.45, 7) is 12.7. The fourth-order valence-electron chi connectivity index (χ4n) is 16.4. The van der Waals surface area contributed by atoms with Crippen LogP contribution in [-0.4, -0.2) is 226 Å². The van der Waals surface area contributed by atoms with Gasteiger partial charge >= 0.3 is 11.9 Å². The largest absolute Gasteiger partial charge is 0.481 e. The van der Waals surface area contributed by atoms with Crippen LogP contribution in [0.1, 0.15) is 113 Å². The van der Waals surface area contributed by atoms with E-state index in [0.29, 0.717) is 38.5 Å². The number of carboxylic acid groups (broad SMARTS) is 2. The Hall–Kier alpha value is -2.12. The van der Waals surface area contributed by atoms with E-state index in [1.54, 1.807) is 6.92 Å². The molecule has 9 aliphatic rings. The fraction of sp³-hybridized carbons (Fsp3) is 0.925. The second kappa shape index (κ2) is 21.3. The van der Waals surface area contributed by atoms with Gasteiger partial charge in [0, 0.05) is 17.3 Å². The number of allylic oxidation sites excluding steroid dienone is 2. The number of ether oxygens (including phenoxy) is 8. The van der Waals surface area contributed by atoms with Crippen molar-refractivity contribution in [3.8, 4) is 0 Å². The van der Waals surface area contributed by atoms with E-state index < -0.39 is 181 Å². The van der Waals surface area contributed by atoms with Gasteiger partial charge in [0.25, 0.3) is 0 Å². The maximum atomic E-state index is 13.2. The first-order valence-corrected chi connectivity index (χ1v) is 27.4. The highest BCUT2D eigenvalue weighted by atomic mass is 16.8. The topological polar surface area (TPSA) is 391 Å². The lowest BCUT2D eigenvalue weighted by Gasteiger charge is -2.72. The third-order valence-electron chi connectivity index (χ3n) is 21.5. The van der Waals surface area contributed by atoms with Crippen molar-refractivity contribution in [2.24, 2.45) is 50.2 Å². The van der Waals surface area contributed by atoms with Crippen LogP contribution in [0.15, 0.2) is 11.6 Å². The van der Waals surface area contributed by atoms with Gasteiger partial charge in [0.15, 0.2) is 37.6 Å². The summed E-state index contributed by atoms with van der Waals surface area (Å²) in [6.07, 6.45) is -27.5. The molecule has 77 heavy (non-hydrogen) atoms. The molecule has 24 heteroatoms. The Balaban J connectivity index is 0.990. The molecule has 0 amide bonds. The molecule has 4 aliphatic heterocycles. The van der Waals surface area contributed by atoms with Crippen molar-refractivity contribution in [3.63, 3.8) is 0 Å². The average Bonchev–Trinajstić information content (AvgIpc) is 3.39. The lowest BCUT2D eigenvalue weighted by atomic mass is 9.33. The van der Waals surface area contributed by atoms with E-state index in [1.165, 1.54) is 12.5 Å². The molecule has 4 saturated carbocycles. The minimum atomic E-state index is -2.15. The van der Waals surface area contributed by atoms with Crippen molar-refractivity contribution >= 4 is 11.9 Å². The number of hydrogen-bond acceptors (Lipinski definition) is 22. The summed E-state index contributed by atoms with van der Waals surface area (Å²) in [7, 11) is 0. The third kappa shape index (κ3) is 9.55. The number of carbonyl (C=O) groups is 2. The second-order valence-corrected chi connectivity index (χ2v) is 25.7. The molecule has 9 rings (SSSR count). The first-order chi connectivity index (χ1) is 35.9. The van der Waals surface area contributed by atoms with Crippen LogP contribution in [0, 0.1) is 50.2 Å². The van der Waals surface area contributed by atoms with Crippen molar-refractivity contribution in [1.29, 1.82) is 0 Å². The van der Waals surface area contributed by atoms with E-state index >= 15 is 0 Å². The van der Waals surface area contributed by atoms with E-state index in [1.807, 2.05) is 6.92 Å². The molecule has 30 atom stereocenters. The van der Waals surface area contributed by atoms with Gasteiger partial charge in [-0.1, -0.05) is 46.3 Å². The van der Waals surface area contributed by atoms with Gasteiger partial charge in [0.05, 0.1) is 43.0 Å². The molecule has 24 nitrogen and oxygen atoms in total. The molecule has 5 aliphatic carbocycles. The van der Waals surface area contributed by atoms with E-state index in [9.17, 15) is 81.1 Å². The Bertz CT molecular complexity index is 2180. The van der Waals surface area contributed by atoms with Gasteiger partial charge in [0.2, 0.25) is 0 Å². The van der Waals surface area contributed by atoms with Crippen LogP contribution in [-0.2, 0) is 47.5 Å². The van der Waals surface area contributed by atoms with Crippen LogP contribution in [0.2, 0.25) is 0 Å². The number of aliphatic hydroxyl groups is 12. The number of hydrogen-bond donors (Lipinski definition) is 14. The van der Waals surface area contributed by atoms with Crippen LogP contribution in [0.4, 0.5) is 0 Å². The molecule has 440 valence electrons. The lowest BCUT2D eigenvalue weighted by Crippen LogP contribution is -2.69. The van der Waals surface area contributed by atoms with Crippen LogP contribution < -0.4 is 0 Å². The van der Waals surface area contributed by atoms with E-state index in [-0.39, 0.29) is 42.4 Å². The number of fused-ring (bicyclic) bond motifs is 7. The smallest absolute Gasteiger partial charge is 0.335 e. The van der Waals surface area contributed by atoms with Crippen molar-refractivity contribution in [2.75, 3.05) is 13.2 Å². The second-order valence-electron chi connectivity index (χ2n) is 25.7. The first-order valence-electron chi connectivity index (χ1n) is 27.4. The highest BCUT2D eigenvalue weighted by Gasteiger charge is 2.71. The predicted molar refractivity (Wildman–Crippen MR) is 259 cm³/mol. The summed E-state index contributed by atoms with van der Waals surface area (Å²) in [6, 6.07) is 0. The number of aliphatic carboxylic acids is 2. The zero-order chi connectivity index (χ0) is 56.4. The Labute approximate surface area is 446 Å². The minimum Gasteiger partial charge on any atom is -0.481 e. The van der Waals surface area contributed by atoms with E-state index in [0.717, 1.165) is 6.42 Å². The van der Waals surface area contributed by atoms with Gasteiger partial charge in [-0.2, -0.15) is 0 Å². The van der Waals surface area contributed by atoms with Crippen molar-refractivity contribution in [1.82, 2.24) is 0 Å². The van der Waals surface area contributed by atoms with Crippen molar-refractivity contribution in [2.45, 2.75) is 242 Å². The van der Waals surface area contributed by atoms with Gasteiger partial charge in [-0.25, -0.2) is 4.79 Å². The maximum absolute atomic E-state index is 13.2. The Morgan fingerprint density at radius 1 is 0.623 bits per heavy atom. The summed E-state index contributed by atoms with van der Waals surface area (Å²) >= 11 is 0. The fourth-order valence-corrected chi connectivity index (χ4v) is 16.4. The molecule has 0 spiro atoms. The van der Waals surface area contributed by atoms with Crippen LogP contribution in [0.25, 0.3) is 0 Å². The van der Waals surface area contributed by atoms with Crippen LogP contribution in [0.5, 0.6) is 0 Å². The number of aliphatic hydroxyl groups excluding tert-OH is 12. The third-order valence-corrected chi connectivity index (χ3v) is 21.5. The molecule has 0 bridgehead atoms. The summed E-state index contributed by atoms with van der Waals surface area (Å²) in [5.74, 6) is -3.04. The van der Waals surface area contributed by atoms with E-state index in [4.69, 9.17) is 37.9 Å². The highest BCUT2D eigenvalue weighted by molar-refractivity contribution is 5.75. The Morgan fingerprint density at radius 3 is 1.90 bits per heavy atom. The SMILES string of the molecule is CC1OC(O)C(OC2OC(CO)C(O)C(O)C2OC2C(OC3CCC4(C)C(CCC5(C)C4CC=C4C6CC(C)(C(=O)O)CC(OC7CC(O)C(O)C(O)O7)C6(C)CCC45C)C3(C)CO)OC(C(=O)O)C(O)C2O)C(O)C1O. The molecule has 8 fully saturated rings. The summed E-state index contributed by atoms with van der Waals surface area (Å²) in [5, 5.41) is 151. The van der Waals surface area contributed by atoms with Gasteiger partial charge in [-0.05, 0) is 106 Å². The zero-order valence-corrected chi connectivity index (χ0v) is 44.8. The highest BCUT2D eigenvalue weighted by Crippen LogP contribution is 2.76. The quantitative estimate of drug-likeness (QED) is 0.0788. The molecule has 4 heterocycles. The van der Waals surface area contributed by atoms with Crippen LogP contribution >= 0.6 is 0 Å². The van der Waals surface area contributed by atoms with Gasteiger partial charge < -0.3 is 109 Å². The maximum Gasteiger partial charge on any atom is 0.335 e. The monoisotopic (exact) mass is 1100 g/mol. The van der Waals surface area contributed by atoms with Crippen molar-refractivity contribution < 1.29 is 119 Å². The van der Waals surface area contributed by atoms with Crippen molar-refractivity contribution in [3.05, 3.63) is 11.6 Å².